The Morgan fingerprint density at radius 1 is 1.14 bits per heavy atom. The topological polar surface area (TPSA) is 147 Å². The van der Waals surface area contributed by atoms with Crippen LogP contribution in [0.15, 0.2) is 67.3 Å². The van der Waals surface area contributed by atoms with Crippen LogP contribution >= 0.6 is 0 Å². The molecule has 3 aliphatic rings. The van der Waals surface area contributed by atoms with E-state index in [-0.39, 0.29) is 26.0 Å². The molecule has 11 nitrogen and oxygen atoms in total. The fourth-order valence-corrected chi connectivity index (χ4v) is 6.95. The molecule has 2 aliphatic heterocycles. The Hall–Kier alpha value is -4.93. The number of rotatable bonds is 8. The first-order valence-corrected chi connectivity index (χ1v) is 17.3. The maximum atomic E-state index is 14.2. The van der Waals surface area contributed by atoms with E-state index in [1.54, 1.807) is 0 Å². The van der Waals surface area contributed by atoms with Gasteiger partial charge in [0.15, 0.2) is 0 Å². The van der Waals surface area contributed by atoms with Gasteiger partial charge in [0.05, 0.1) is 24.4 Å². The summed E-state index contributed by atoms with van der Waals surface area (Å²) in [5.41, 5.74) is 2.06. The number of nitrogens with one attached hydrogen (secondary N) is 2. The van der Waals surface area contributed by atoms with E-state index in [4.69, 9.17) is 14.5 Å². The molecule has 1 aliphatic carbocycles. The lowest BCUT2D eigenvalue weighted by molar-refractivity contribution is -0.145. The summed E-state index contributed by atoms with van der Waals surface area (Å²) in [6.07, 6.45) is 5.66. The van der Waals surface area contributed by atoms with Gasteiger partial charge in [-0.1, -0.05) is 62.2 Å². The minimum Gasteiger partial charge on any atom is -0.488 e. The predicted octanol–water partition coefficient (Wildman–Crippen LogP) is 5.41. The second-order valence-electron chi connectivity index (χ2n) is 13.3. The molecule has 1 saturated carbocycles. The van der Waals surface area contributed by atoms with Crippen molar-refractivity contribution in [3.05, 3.63) is 72.8 Å². The molecule has 2 fully saturated rings. The number of nitrogens with zero attached hydrogens (tertiary/aromatic N) is 2. The van der Waals surface area contributed by atoms with Crippen molar-refractivity contribution in [3.63, 3.8) is 0 Å². The van der Waals surface area contributed by atoms with Crippen LogP contribution in [0.2, 0.25) is 0 Å². The highest BCUT2D eigenvalue weighted by Gasteiger charge is 2.61. The Bertz CT molecular complexity index is 1730. The molecule has 3 heterocycles. The van der Waals surface area contributed by atoms with E-state index in [9.17, 15) is 24.3 Å². The quantitative estimate of drug-likeness (QED) is 0.270. The van der Waals surface area contributed by atoms with Gasteiger partial charge in [-0.3, -0.25) is 9.59 Å². The molecule has 3 amide bonds. The Morgan fingerprint density at radius 2 is 1.96 bits per heavy atom. The highest BCUT2D eigenvalue weighted by Crippen LogP contribution is 2.45. The fraction of sp³-hybridized carbons (Fsp3) is 0.447. The van der Waals surface area contributed by atoms with E-state index in [1.165, 1.54) is 11.0 Å². The zero-order chi connectivity index (χ0) is 34.5. The Morgan fingerprint density at radius 3 is 2.69 bits per heavy atom. The Kier molecular flexibility index (Phi) is 10.2. The lowest BCUT2D eigenvalue weighted by Gasteiger charge is -2.29. The van der Waals surface area contributed by atoms with Gasteiger partial charge in [0, 0.05) is 29.4 Å². The van der Waals surface area contributed by atoms with E-state index in [1.807, 2.05) is 49.4 Å². The number of carboxylic acid groups (broad SMARTS) is 1. The van der Waals surface area contributed by atoms with Crippen LogP contribution in [0.4, 0.5) is 4.79 Å². The first-order valence-electron chi connectivity index (χ1n) is 17.3. The van der Waals surface area contributed by atoms with Crippen LogP contribution in [-0.2, 0) is 25.5 Å². The van der Waals surface area contributed by atoms with Crippen LogP contribution in [0.3, 0.4) is 0 Å². The monoisotopic (exact) mass is 668 g/mol. The number of carbonyl (C=O) groups is 4. The van der Waals surface area contributed by atoms with Crippen molar-refractivity contribution in [2.45, 2.75) is 88.4 Å². The molecule has 0 radical (unpaired) electrons. The van der Waals surface area contributed by atoms with Gasteiger partial charge in [0.1, 0.15) is 29.5 Å². The number of unbranched alkanes of at least 4 members (excludes halogenated alkanes) is 1. The van der Waals surface area contributed by atoms with Crippen LogP contribution in [0.5, 0.6) is 5.75 Å². The second-order valence-corrected chi connectivity index (χ2v) is 13.3. The van der Waals surface area contributed by atoms with Crippen LogP contribution in [0, 0.1) is 5.92 Å². The zero-order valence-corrected chi connectivity index (χ0v) is 27.9. The summed E-state index contributed by atoms with van der Waals surface area (Å²) >= 11 is 0. The highest BCUT2D eigenvalue weighted by atomic mass is 16.5. The minimum atomic E-state index is -1.47. The molecular formula is C38H44N4O7. The van der Waals surface area contributed by atoms with Crippen molar-refractivity contribution < 1.29 is 33.8 Å². The lowest BCUT2D eigenvalue weighted by Crippen LogP contribution is -2.56. The molecule has 3 N–H and O–H groups in total. The van der Waals surface area contributed by atoms with E-state index in [0.717, 1.165) is 53.4 Å². The average molecular weight is 669 g/mol. The molecule has 5 atom stereocenters. The van der Waals surface area contributed by atoms with Crippen molar-refractivity contribution in [1.29, 1.82) is 0 Å². The molecule has 0 spiro atoms. The summed E-state index contributed by atoms with van der Waals surface area (Å²) in [6.45, 7) is 6.00. The number of aryl methyl sites for hydroxylation is 1. The van der Waals surface area contributed by atoms with E-state index in [2.05, 4.69) is 29.3 Å². The molecule has 2 aromatic carbocycles. The molecule has 1 aromatic heterocycles. The third kappa shape index (κ3) is 7.40. The van der Waals surface area contributed by atoms with Crippen molar-refractivity contribution in [1.82, 2.24) is 20.5 Å². The SMILES string of the molecule is C=C[C@@H]1C[C@]1(NC(=O)[C@@H]1C[C@@H]2CN1C(=O)[C@H](CCCC)NC(=O)OCCCCCc1ccc3nc(-c4ccccc4)cc(c3c1)O2)C(=O)O. The molecular weight excluding hydrogens is 624 g/mol. The van der Waals surface area contributed by atoms with Gasteiger partial charge in [-0.2, -0.15) is 0 Å². The number of fused-ring (bicyclic) bond motifs is 3. The van der Waals surface area contributed by atoms with Crippen LogP contribution in [0.1, 0.15) is 63.9 Å². The average Bonchev–Trinajstić information content (AvgIpc) is 3.67. The van der Waals surface area contributed by atoms with Crippen LogP contribution < -0.4 is 15.4 Å². The summed E-state index contributed by atoms with van der Waals surface area (Å²) in [6, 6.07) is 15.9. The standard InChI is InChI=1S/C38H44N4O7/c1-3-5-15-30-35(44)42-23-27(20-32(42)34(43)41-38(36(45)46)22-26(38)4-2)49-33-21-31(25-13-9-6-10-14-25)39-29-17-16-24(19-28(29)33)12-8-7-11-18-48-37(47)40-30/h4,6,9-10,13-14,16-17,19,21,26-27,30,32H,2-3,5,7-8,11-12,15,18,20,22-23H2,1H3,(H,40,47)(H,41,43)(H,45,46)/t26-,27-,30+,32+,38-/m1/s1. The number of aliphatic carboxylic acids is 1. The third-order valence-corrected chi connectivity index (χ3v) is 9.85. The summed E-state index contributed by atoms with van der Waals surface area (Å²) in [7, 11) is 0. The number of alkyl carbamates (subject to hydrolysis) is 1. The number of cyclic esters (lactones) is 1. The maximum absolute atomic E-state index is 14.2. The molecule has 1 saturated heterocycles. The number of hydrogen-bond acceptors (Lipinski definition) is 7. The predicted molar refractivity (Wildman–Crippen MR) is 184 cm³/mol. The molecule has 11 heteroatoms. The molecule has 0 unspecified atom stereocenters. The molecule has 4 bridgehead atoms. The number of benzene rings is 2. The summed E-state index contributed by atoms with van der Waals surface area (Å²) in [5.74, 6) is -2.00. The maximum Gasteiger partial charge on any atom is 0.407 e. The number of carbonyl (C=O) groups excluding carboxylic acids is 3. The van der Waals surface area contributed by atoms with Crippen molar-refractivity contribution in [2.24, 2.45) is 5.92 Å². The first-order chi connectivity index (χ1) is 23.7. The van der Waals surface area contributed by atoms with Gasteiger partial charge in [0.2, 0.25) is 11.8 Å². The molecule has 6 rings (SSSR count). The minimum absolute atomic E-state index is 0.0609. The number of aromatic nitrogens is 1. The summed E-state index contributed by atoms with van der Waals surface area (Å²) < 4.78 is 12.2. The number of ether oxygens (including phenoxy) is 2. The lowest BCUT2D eigenvalue weighted by atomic mass is 10.0. The van der Waals surface area contributed by atoms with Gasteiger partial charge in [-0.05, 0) is 56.2 Å². The number of carboxylic acids is 1. The van der Waals surface area contributed by atoms with Gasteiger partial charge in [-0.25, -0.2) is 14.6 Å². The third-order valence-electron chi connectivity index (χ3n) is 9.85. The van der Waals surface area contributed by atoms with Crippen LogP contribution in [-0.4, -0.2) is 75.7 Å². The van der Waals surface area contributed by atoms with Crippen molar-refractivity contribution >= 4 is 34.8 Å². The summed E-state index contributed by atoms with van der Waals surface area (Å²) in [5, 5.41) is 16.3. The van der Waals surface area contributed by atoms with Crippen LogP contribution in [0.25, 0.3) is 22.2 Å². The smallest absolute Gasteiger partial charge is 0.407 e. The number of amides is 3. The van der Waals surface area contributed by atoms with E-state index in [0.29, 0.717) is 25.0 Å². The largest absolute Gasteiger partial charge is 0.488 e. The number of pyridine rings is 1. The van der Waals surface area contributed by atoms with Gasteiger partial charge >= 0.3 is 12.1 Å². The molecule has 3 aromatic rings. The van der Waals surface area contributed by atoms with Gasteiger partial charge < -0.3 is 30.1 Å². The van der Waals surface area contributed by atoms with E-state index < -0.39 is 53.5 Å². The molecule has 258 valence electrons. The summed E-state index contributed by atoms with van der Waals surface area (Å²) in [4.78, 5) is 59.7. The Labute approximate surface area is 286 Å². The number of hydrogen-bond donors (Lipinski definition) is 3. The normalized spacial score (nSPS) is 25.8. The highest BCUT2D eigenvalue weighted by molar-refractivity contribution is 5.96. The first kappa shape index (κ1) is 34.0. The Balaban J connectivity index is 1.38. The molecule has 49 heavy (non-hydrogen) atoms. The van der Waals surface area contributed by atoms with Gasteiger partial charge in [0.25, 0.3) is 0 Å². The van der Waals surface area contributed by atoms with Crippen molar-refractivity contribution in [3.8, 4) is 17.0 Å². The van der Waals surface area contributed by atoms with Crippen molar-refractivity contribution in [2.75, 3.05) is 13.2 Å². The van der Waals surface area contributed by atoms with Gasteiger partial charge in [-0.15, -0.1) is 6.58 Å². The van der Waals surface area contributed by atoms with E-state index >= 15 is 0 Å². The second kappa shape index (κ2) is 14.7. The zero-order valence-electron chi connectivity index (χ0n) is 27.9. The fourth-order valence-electron chi connectivity index (χ4n) is 6.95.